The van der Waals surface area contributed by atoms with E-state index in [0.29, 0.717) is 0 Å². The van der Waals surface area contributed by atoms with Gasteiger partial charge in [-0.3, -0.25) is 0 Å². The number of ether oxygens (including phenoxy) is 2. The van der Waals surface area contributed by atoms with Crippen molar-refractivity contribution in [2.45, 2.75) is 69.2 Å². The summed E-state index contributed by atoms with van der Waals surface area (Å²) in [5, 5.41) is 2.60. The van der Waals surface area contributed by atoms with E-state index < -0.39 is 36.8 Å². The average molecular weight is 660 g/mol. The molecule has 3 rings (SSSR count). The molecule has 2 heterocycles. The maximum absolute atomic E-state index is 6.51. The molecule has 0 amide bonds. The van der Waals surface area contributed by atoms with Crippen molar-refractivity contribution >= 4 is 85.4 Å². The van der Waals surface area contributed by atoms with Crippen LogP contribution in [0, 0.1) is 0 Å². The molecule has 2 aromatic heterocycles. The van der Waals surface area contributed by atoms with Crippen LogP contribution in [0.25, 0.3) is 20.2 Å². The van der Waals surface area contributed by atoms with Gasteiger partial charge in [-0.05, 0) is 0 Å². The summed E-state index contributed by atoms with van der Waals surface area (Å²) < 4.78 is 18.9. The molecular weight excluding hydrogens is 622 g/mol. The van der Waals surface area contributed by atoms with Crippen LogP contribution in [-0.2, 0) is 0 Å². The molecule has 0 atom stereocenters. The number of hydrogen-bond acceptors (Lipinski definition) is 4. The average Bonchev–Trinajstić information content (AvgIpc) is 3.28. The van der Waals surface area contributed by atoms with E-state index in [4.69, 9.17) is 9.47 Å². The topological polar surface area (TPSA) is 18.5 Å². The second kappa shape index (κ2) is 10.1. The Morgan fingerprint density at radius 1 is 0.667 bits per heavy atom. The molecule has 3 aromatic rings. The van der Waals surface area contributed by atoms with Gasteiger partial charge in [0.1, 0.15) is 0 Å². The Morgan fingerprint density at radius 3 is 1.33 bits per heavy atom. The van der Waals surface area contributed by atoms with Crippen LogP contribution >= 0.6 is 22.7 Å². The van der Waals surface area contributed by atoms with Crippen molar-refractivity contribution in [1.29, 1.82) is 0 Å². The quantitative estimate of drug-likeness (QED) is 0.165. The SMILES string of the molecule is CCCCOc1c2c[c]([Sn]([CH3])([CH3])[CH3])sc2c(OCCCC)c2c[c]([Sn]([CH3])([CH3])[CH3])sc12. The standard InChI is InChI=1S/C18H20O2S2.6CH3.2Sn/c1-3-5-9-19-15-13-7-11-22-18(13)16(20-10-6-4-2)14-8-12-21-17(14)15;;;;;;;;/h7-8H,3-6,9-10H2,1-2H3;6*1H3;;. The number of unbranched alkanes of at least 4 members (excludes halogenated alkanes) is 2. The summed E-state index contributed by atoms with van der Waals surface area (Å²) >= 11 is -0.425. The summed E-state index contributed by atoms with van der Waals surface area (Å²) in [5.41, 5.74) is 0. The Bertz CT molecular complexity index is 872. The second-order valence-corrected chi connectivity index (χ2v) is 43.2. The van der Waals surface area contributed by atoms with E-state index >= 15 is 0 Å². The molecule has 0 saturated heterocycles. The molecule has 0 unspecified atom stereocenters. The Balaban J connectivity index is 2.30. The minimum absolute atomic E-state index is 0.798. The number of thiophene rings is 2. The molecule has 0 radical (unpaired) electrons. The second-order valence-electron chi connectivity index (χ2n) is 10.3. The fourth-order valence-electron chi connectivity index (χ4n) is 3.36. The first-order valence-corrected chi connectivity index (χ1v) is 33.0. The van der Waals surface area contributed by atoms with E-state index in [1.54, 1.807) is 5.79 Å². The van der Waals surface area contributed by atoms with E-state index in [2.05, 4.69) is 55.6 Å². The molecule has 0 bridgehead atoms. The van der Waals surface area contributed by atoms with Crippen molar-refractivity contribution in [3.63, 3.8) is 0 Å². The predicted octanol–water partition coefficient (Wildman–Crippen LogP) is 7.56. The van der Waals surface area contributed by atoms with Gasteiger partial charge in [-0.1, -0.05) is 0 Å². The predicted molar refractivity (Wildman–Crippen MR) is 144 cm³/mol. The van der Waals surface area contributed by atoms with Crippen molar-refractivity contribution in [3.8, 4) is 11.5 Å². The van der Waals surface area contributed by atoms with E-state index in [1.165, 1.54) is 20.2 Å². The van der Waals surface area contributed by atoms with Gasteiger partial charge < -0.3 is 0 Å². The molecule has 0 aliphatic rings. The molecule has 2 nitrogen and oxygen atoms in total. The third kappa shape index (κ3) is 5.45. The van der Waals surface area contributed by atoms with Gasteiger partial charge in [-0.25, -0.2) is 0 Å². The summed E-state index contributed by atoms with van der Waals surface area (Å²) in [4.78, 5) is 15.0. The van der Waals surface area contributed by atoms with Crippen molar-refractivity contribution in [2.75, 3.05) is 13.2 Å². The van der Waals surface area contributed by atoms with Crippen LogP contribution in [0.5, 0.6) is 11.5 Å². The summed E-state index contributed by atoms with van der Waals surface area (Å²) in [5.74, 6) is 2.25. The number of fused-ring (bicyclic) bond motifs is 2. The van der Waals surface area contributed by atoms with Crippen LogP contribution in [0.4, 0.5) is 0 Å². The van der Waals surface area contributed by atoms with Crippen molar-refractivity contribution in [1.82, 2.24) is 0 Å². The summed E-state index contributed by atoms with van der Waals surface area (Å²) in [6.45, 7) is 6.06. The zero-order chi connectivity index (χ0) is 22.1. The Labute approximate surface area is 199 Å². The molecule has 6 heteroatoms. The third-order valence-electron chi connectivity index (χ3n) is 5.33. The summed E-state index contributed by atoms with van der Waals surface area (Å²) in [6, 6.07) is 4.92. The first-order chi connectivity index (χ1) is 14.1. The Kier molecular flexibility index (Phi) is 8.39. The molecule has 0 spiro atoms. The van der Waals surface area contributed by atoms with Crippen LogP contribution in [-0.4, -0.2) is 50.0 Å². The summed E-state index contributed by atoms with van der Waals surface area (Å²) in [7, 11) is 0. The molecule has 0 fully saturated rings. The van der Waals surface area contributed by atoms with Gasteiger partial charge in [-0.15, -0.1) is 0 Å². The molecule has 0 N–H and O–H groups in total. The molecule has 0 aliphatic heterocycles. The van der Waals surface area contributed by atoms with Crippen molar-refractivity contribution in [2.24, 2.45) is 0 Å². The van der Waals surface area contributed by atoms with Gasteiger partial charge in [0.2, 0.25) is 0 Å². The molecule has 30 heavy (non-hydrogen) atoms. The molecule has 0 saturated carbocycles. The number of rotatable bonds is 10. The Hall–Kier alpha value is 0.337. The van der Waals surface area contributed by atoms with Crippen LogP contribution in [0.3, 0.4) is 0 Å². The van der Waals surface area contributed by atoms with Gasteiger partial charge in [0.05, 0.1) is 0 Å². The van der Waals surface area contributed by atoms with Crippen LogP contribution in [0.15, 0.2) is 12.1 Å². The van der Waals surface area contributed by atoms with Crippen LogP contribution in [0.1, 0.15) is 39.5 Å². The van der Waals surface area contributed by atoms with Crippen molar-refractivity contribution in [3.05, 3.63) is 12.1 Å². The van der Waals surface area contributed by atoms with Gasteiger partial charge >= 0.3 is 201 Å². The monoisotopic (exact) mass is 662 g/mol. The molecule has 166 valence electrons. The maximum atomic E-state index is 6.51. The number of hydrogen-bond donors (Lipinski definition) is 0. The normalized spacial score (nSPS) is 12.8. The minimum atomic E-state index is -2.20. The van der Waals surface area contributed by atoms with Crippen molar-refractivity contribution < 1.29 is 9.47 Å². The summed E-state index contributed by atoms with van der Waals surface area (Å²) in [6.07, 6.45) is 4.52. The van der Waals surface area contributed by atoms with Gasteiger partial charge in [0.15, 0.2) is 0 Å². The van der Waals surface area contributed by atoms with Crippen LogP contribution < -0.4 is 15.3 Å². The van der Waals surface area contributed by atoms with E-state index in [0.717, 1.165) is 50.4 Å². The van der Waals surface area contributed by atoms with E-state index in [9.17, 15) is 0 Å². The first-order valence-electron chi connectivity index (χ1n) is 11.4. The number of benzene rings is 1. The molecular formula is C24H38O2S2Sn2. The van der Waals surface area contributed by atoms with Gasteiger partial charge in [0, 0.05) is 0 Å². The zero-order valence-electron chi connectivity index (χ0n) is 20.0. The van der Waals surface area contributed by atoms with E-state index in [-0.39, 0.29) is 0 Å². The zero-order valence-corrected chi connectivity index (χ0v) is 27.4. The van der Waals surface area contributed by atoms with Crippen LogP contribution in [0.2, 0.25) is 29.6 Å². The fourth-order valence-corrected chi connectivity index (χ4v) is 16.1. The Morgan fingerprint density at radius 2 is 1.03 bits per heavy atom. The third-order valence-corrected chi connectivity index (χ3v) is 26.5. The fraction of sp³-hybridized carbons (Fsp3) is 0.583. The van der Waals surface area contributed by atoms with Gasteiger partial charge in [-0.2, -0.15) is 0 Å². The first kappa shape index (κ1) is 25.0. The molecule has 1 aromatic carbocycles. The van der Waals surface area contributed by atoms with E-state index in [1.807, 2.05) is 22.7 Å². The molecule has 0 aliphatic carbocycles. The van der Waals surface area contributed by atoms with Gasteiger partial charge in [0.25, 0.3) is 0 Å².